The summed E-state index contributed by atoms with van der Waals surface area (Å²) in [6.45, 7) is 1.89. The fourth-order valence-corrected chi connectivity index (χ4v) is 3.37. The van der Waals surface area contributed by atoms with Crippen LogP contribution in [0, 0.1) is 5.82 Å². The van der Waals surface area contributed by atoms with Gasteiger partial charge in [-0.2, -0.15) is 4.98 Å². The number of carbonyl (C=O) groups is 1. The third kappa shape index (κ3) is 6.40. The maximum atomic E-state index is 14.3. The van der Waals surface area contributed by atoms with Crippen molar-refractivity contribution in [2.24, 2.45) is 0 Å². The van der Waals surface area contributed by atoms with Crippen molar-refractivity contribution in [3.8, 4) is 0 Å². The van der Waals surface area contributed by atoms with E-state index in [9.17, 15) is 9.18 Å². The number of amides is 1. The number of hydrogen-bond acceptors (Lipinski definition) is 6. The molecule has 7 nitrogen and oxygen atoms in total. The fourth-order valence-electron chi connectivity index (χ4n) is 3.18. The lowest BCUT2D eigenvalue weighted by Gasteiger charge is -2.33. The number of benzene rings is 1. The van der Waals surface area contributed by atoms with Crippen LogP contribution in [0.3, 0.4) is 0 Å². The molecule has 0 radical (unpaired) electrons. The number of piperidine rings is 1. The third-order valence-corrected chi connectivity index (χ3v) is 4.86. The van der Waals surface area contributed by atoms with Crippen molar-refractivity contribution in [1.82, 2.24) is 19.8 Å². The smallest absolute Gasteiger partial charge is 0.246 e. The third-order valence-electron chi connectivity index (χ3n) is 4.63. The minimum Gasteiger partial charge on any atom is -0.363 e. The Morgan fingerprint density at radius 3 is 3.03 bits per heavy atom. The van der Waals surface area contributed by atoms with E-state index in [0.29, 0.717) is 30.3 Å². The van der Waals surface area contributed by atoms with E-state index in [0.717, 1.165) is 19.0 Å². The standard InChI is InChI=1S/C21H26ClFN6O/c1-28(2)10-5-9-19(30)29-11-4-8-17(14-29)25-20-18(23)13-24-21(27-20)26-16-7-3-6-15(22)12-16/h3,5-7,9,12-13,17H,4,8,10-11,14H2,1-2H3,(H2,24,25,26,27)/t17-/m1/s1. The molecular weight excluding hydrogens is 407 g/mol. The van der Waals surface area contributed by atoms with Gasteiger partial charge >= 0.3 is 0 Å². The molecule has 0 spiro atoms. The largest absolute Gasteiger partial charge is 0.363 e. The SMILES string of the molecule is CN(C)CC=CC(=O)N1CCC[C@@H](Nc2nc(Nc3cccc(Cl)c3)ncc2F)C1. The number of rotatable bonds is 7. The van der Waals surface area contributed by atoms with Gasteiger partial charge in [0.2, 0.25) is 11.9 Å². The summed E-state index contributed by atoms with van der Waals surface area (Å²) in [4.78, 5) is 24.4. The molecule has 0 aliphatic carbocycles. The number of aromatic nitrogens is 2. The molecule has 1 aliphatic rings. The summed E-state index contributed by atoms with van der Waals surface area (Å²) in [6.07, 6.45) is 6.23. The quantitative estimate of drug-likeness (QED) is 0.652. The molecule has 0 saturated carbocycles. The molecule has 2 aromatic rings. The molecule has 30 heavy (non-hydrogen) atoms. The second-order valence-corrected chi connectivity index (χ2v) is 7.89. The zero-order chi connectivity index (χ0) is 21.5. The van der Waals surface area contributed by atoms with E-state index in [2.05, 4.69) is 20.6 Å². The van der Waals surface area contributed by atoms with E-state index >= 15 is 0 Å². The van der Waals surface area contributed by atoms with Crippen LogP contribution in [0.5, 0.6) is 0 Å². The van der Waals surface area contributed by atoms with Gasteiger partial charge < -0.3 is 20.4 Å². The van der Waals surface area contributed by atoms with Crippen LogP contribution >= 0.6 is 11.6 Å². The Labute approximate surface area is 180 Å². The lowest BCUT2D eigenvalue weighted by molar-refractivity contribution is -0.127. The van der Waals surface area contributed by atoms with E-state index in [1.165, 1.54) is 0 Å². The van der Waals surface area contributed by atoms with E-state index < -0.39 is 5.82 Å². The molecule has 1 fully saturated rings. The molecule has 2 heterocycles. The van der Waals surface area contributed by atoms with Crippen LogP contribution in [0.15, 0.2) is 42.6 Å². The lowest BCUT2D eigenvalue weighted by atomic mass is 10.1. The predicted octanol–water partition coefficient (Wildman–Crippen LogP) is 3.53. The fraction of sp³-hybridized carbons (Fsp3) is 0.381. The first-order valence-electron chi connectivity index (χ1n) is 9.82. The number of likely N-dealkylation sites (tertiary alicyclic amines) is 1. The molecule has 1 amide bonds. The normalized spacial score (nSPS) is 16.8. The van der Waals surface area contributed by atoms with Crippen molar-refractivity contribution in [3.63, 3.8) is 0 Å². The Kier molecular flexibility index (Phi) is 7.59. The number of anilines is 3. The minimum atomic E-state index is -0.541. The van der Waals surface area contributed by atoms with E-state index in [4.69, 9.17) is 11.6 Å². The maximum absolute atomic E-state index is 14.3. The highest BCUT2D eigenvalue weighted by atomic mass is 35.5. The lowest BCUT2D eigenvalue weighted by Crippen LogP contribution is -2.44. The Balaban J connectivity index is 1.63. The number of nitrogens with zero attached hydrogens (tertiary/aromatic N) is 4. The summed E-state index contributed by atoms with van der Waals surface area (Å²) in [6, 6.07) is 7.02. The summed E-state index contributed by atoms with van der Waals surface area (Å²) in [5.74, 6) is -0.204. The van der Waals surface area contributed by atoms with E-state index in [1.54, 1.807) is 29.2 Å². The predicted molar refractivity (Wildman–Crippen MR) is 118 cm³/mol. The number of halogens is 2. The monoisotopic (exact) mass is 432 g/mol. The average Bonchev–Trinajstić information content (AvgIpc) is 2.70. The van der Waals surface area contributed by atoms with Gasteiger partial charge in [-0.15, -0.1) is 0 Å². The second kappa shape index (κ2) is 10.4. The van der Waals surface area contributed by atoms with Gasteiger partial charge in [0.05, 0.1) is 6.20 Å². The first-order valence-corrected chi connectivity index (χ1v) is 10.2. The molecule has 0 unspecified atom stereocenters. The topological polar surface area (TPSA) is 73.4 Å². The first kappa shape index (κ1) is 22.0. The van der Waals surface area contributed by atoms with Gasteiger partial charge in [-0.25, -0.2) is 9.37 Å². The van der Waals surface area contributed by atoms with Crippen molar-refractivity contribution in [1.29, 1.82) is 0 Å². The molecule has 1 aliphatic heterocycles. The van der Waals surface area contributed by atoms with Gasteiger partial charge in [-0.3, -0.25) is 4.79 Å². The Morgan fingerprint density at radius 2 is 2.27 bits per heavy atom. The average molecular weight is 433 g/mol. The van der Waals surface area contributed by atoms with Crippen LogP contribution in [0.25, 0.3) is 0 Å². The molecular formula is C21H26ClFN6O. The van der Waals surface area contributed by atoms with Crippen LogP contribution in [0.1, 0.15) is 12.8 Å². The molecule has 1 atom stereocenters. The highest BCUT2D eigenvalue weighted by Gasteiger charge is 2.23. The van der Waals surface area contributed by atoms with Gasteiger partial charge in [0.15, 0.2) is 11.6 Å². The zero-order valence-corrected chi connectivity index (χ0v) is 17.9. The van der Waals surface area contributed by atoms with Crippen LogP contribution in [0.2, 0.25) is 5.02 Å². The molecule has 9 heteroatoms. The Hall–Kier alpha value is -2.71. The number of hydrogen-bond donors (Lipinski definition) is 2. The molecule has 160 valence electrons. The highest BCUT2D eigenvalue weighted by molar-refractivity contribution is 6.30. The highest BCUT2D eigenvalue weighted by Crippen LogP contribution is 2.21. The van der Waals surface area contributed by atoms with Gasteiger partial charge in [0.1, 0.15) is 0 Å². The van der Waals surface area contributed by atoms with Crippen molar-refractivity contribution in [2.75, 3.05) is 44.4 Å². The summed E-state index contributed by atoms with van der Waals surface area (Å²) in [7, 11) is 3.89. The first-order chi connectivity index (χ1) is 14.4. The van der Waals surface area contributed by atoms with Crippen LogP contribution in [-0.2, 0) is 4.79 Å². The van der Waals surface area contributed by atoms with E-state index in [1.807, 2.05) is 31.1 Å². The zero-order valence-electron chi connectivity index (χ0n) is 17.1. The van der Waals surface area contributed by atoms with Crippen molar-refractivity contribution >= 4 is 35.0 Å². The molecule has 1 aromatic carbocycles. The summed E-state index contributed by atoms with van der Waals surface area (Å²) < 4.78 is 14.3. The molecule has 1 aromatic heterocycles. The van der Waals surface area contributed by atoms with Gasteiger partial charge in [-0.05, 0) is 45.1 Å². The maximum Gasteiger partial charge on any atom is 0.246 e. The summed E-state index contributed by atoms with van der Waals surface area (Å²) >= 11 is 5.99. The van der Waals surface area contributed by atoms with Crippen LogP contribution in [-0.4, -0.2) is 65.4 Å². The van der Waals surface area contributed by atoms with Gasteiger partial charge in [0.25, 0.3) is 0 Å². The minimum absolute atomic E-state index is 0.0326. The summed E-state index contributed by atoms with van der Waals surface area (Å²) in [5.41, 5.74) is 0.707. The van der Waals surface area contributed by atoms with Gasteiger partial charge in [-0.1, -0.05) is 23.7 Å². The van der Waals surface area contributed by atoms with E-state index in [-0.39, 0.29) is 23.7 Å². The molecule has 2 N–H and O–H groups in total. The second-order valence-electron chi connectivity index (χ2n) is 7.46. The molecule has 1 saturated heterocycles. The number of nitrogens with one attached hydrogen (secondary N) is 2. The Bertz CT molecular complexity index is 907. The summed E-state index contributed by atoms with van der Waals surface area (Å²) in [5, 5.41) is 6.72. The molecule has 0 bridgehead atoms. The van der Waals surface area contributed by atoms with Gasteiger partial charge in [0, 0.05) is 42.5 Å². The molecule has 3 rings (SSSR count). The Morgan fingerprint density at radius 1 is 1.43 bits per heavy atom. The van der Waals surface area contributed by atoms with Crippen LogP contribution in [0.4, 0.5) is 21.8 Å². The van der Waals surface area contributed by atoms with Crippen molar-refractivity contribution in [2.45, 2.75) is 18.9 Å². The number of likely N-dealkylation sites (N-methyl/N-ethyl adjacent to an activating group) is 1. The van der Waals surface area contributed by atoms with Crippen molar-refractivity contribution < 1.29 is 9.18 Å². The van der Waals surface area contributed by atoms with Crippen LogP contribution < -0.4 is 10.6 Å². The van der Waals surface area contributed by atoms with Crippen molar-refractivity contribution in [3.05, 3.63) is 53.5 Å². The number of carbonyl (C=O) groups excluding carboxylic acids is 1.